The van der Waals surface area contributed by atoms with Crippen LogP contribution >= 0.6 is 23.4 Å². The van der Waals surface area contributed by atoms with Crippen LogP contribution in [0.3, 0.4) is 0 Å². The molecule has 0 spiro atoms. The quantitative estimate of drug-likeness (QED) is 0.614. The van der Waals surface area contributed by atoms with Gasteiger partial charge in [-0.15, -0.1) is 5.10 Å². The van der Waals surface area contributed by atoms with Gasteiger partial charge in [0, 0.05) is 10.8 Å². The molecule has 0 amide bonds. The summed E-state index contributed by atoms with van der Waals surface area (Å²) in [6.07, 6.45) is 2.36. The van der Waals surface area contributed by atoms with Crippen LogP contribution < -0.4 is 4.74 Å². The van der Waals surface area contributed by atoms with Crippen molar-refractivity contribution in [3.05, 3.63) is 34.6 Å². The van der Waals surface area contributed by atoms with Gasteiger partial charge in [0.05, 0.1) is 0 Å². The molecule has 0 saturated carbocycles. The van der Waals surface area contributed by atoms with Crippen LogP contribution in [-0.4, -0.2) is 20.9 Å². The highest BCUT2D eigenvalue weighted by Crippen LogP contribution is 2.21. The minimum Gasteiger partial charge on any atom is -0.486 e. The minimum atomic E-state index is 0.377. The fourth-order valence-electron chi connectivity index (χ4n) is 1.57. The smallest absolute Gasteiger partial charge is 0.208 e. The zero-order valence-corrected chi connectivity index (χ0v) is 13.2. The first-order chi connectivity index (χ1) is 9.69. The lowest BCUT2D eigenvalue weighted by Crippen LogP contribution is -1.98. The summed E-state index contributed by atoms with van der Waals surface area (Å²) in [6.45, 7) is 4.50. The maximum absolute atomic E-state index is 5.97. The minimum absolute atomic E-state index is 0.377. The largest absolute Gasteiger partial charge is 0.486 e. The fraction of sp³-hybridized carbons (Fsp3) is 0.429. The zero-order chi connectivity index (χ0) is 14.4. The topological polar surface area (TPSA) is 50.8 Å². The van der Waals surface area contributed by atoms with Crippen molar-refractivity contribution in [1.82, 2.24) is 15.2 Å². The van der Waals surface area contributed by atoms with Crippen molar-refractivity contribution in [2.75, 3.05) is 5.75 Å². The van der Waals surface area contributed by atoms with Crippen LogP contribution in [0.15, 0.2) is 23.4 Å². The molecule has 0 fully saturated rings. The molecule has 0 bridgehead atoms. The van der Waals surface area contributed by atoms with Crippen LogP contribution in [0.4, 0.5) is 0 Å². The van der Waals surface area contributed by atoms with E-state index >= 15 is 0 Å². The summed E-state index contributed by atoms with van der Waals surface area (Å²) >= 11 is 7.64. The number of unbranched alkanes of at least 4 members (excludes halogenated alkanes) is 1. The number of H-pyrrole nitrogens is 1. The molecule has 0 atom stereocenters. The summed E-state index contributed by atoms with van der Waals surface area (Å²) < 4.78 is 5.67. The van der Waals surface area contributed by atoms with Gasteiger partial charge in [-0.1, -0.05) is 36.7 Å². The molecule has 2 aromatic rings. The molecule has 0 aliphatic rings. The van der Waals surface area contributed by atoms with Gasteiger partial charge in [-0.05, 0) is 37.1 Å². The highest BCUT2D eigenvalue weighted by Gasteiger charge is 2.05. The second-order valence-electron chi connectivity index (χ2n) is 4.47. The number of rotatable bonds is 7. The SMILES string of the molecule is CCCCSc1n[nH]c(COc2ccc(Cl)c(C)c2)n1. The maximum Gasteiger partial charge on any atom is 0.208 e. The molecule has 1 aromatic heterocycles. The lowest BCUT2D eigenvalue weighted by molar-refractivity contribution is 0.296. The van der Waals surface area contributed by atoms with Crippen LogP contribution in [0.1, 0.15) is 31.2 Å². The van der Waals surface area contributed by atoms with Crippen LogP contribution in [0.2, 0.25) is 5.02 Å². The van der Waals surface area contributed by atoms with E-state index < -0.39 is 0 Å². The molecule has 1 N–H and O–H groups in total. The number of aryl methyl sites for hydroxylation is 1. The summed E-state index contributed by atoms with van der Waals surface area (Å²) in [5.41, 5.74) is 0.998. The number of benzene rings is 1. The average Bonchev–Trinajstić information content (AvgIpc) is 2.88. The molecule has 0 aliphatic heterocycles. The van der Waals surface area contributed by atoms with Crippen molar-refractivity contribution in [3.8, 4) is 5.75 Å². The van der Waals surface area contributed by atoms with Gasteiger partial charge in [-0.2, -0.15) is 0 Å². The maximum atomic E-state index is 5.97. The Morgan fingerprint density at radius 1 is 1.40 bits per heavy atom. The second kappa shape index (κ2) is 7.55. The Balaban J connectivity index is 1.85. The van der Waals surface area contributed by atoms with Gasteiger partial charge in [-0.3, -0.25) is 5.10 Å². The number of thioether (sulfide) groups is 1. The molecule has 2 rings (SSSR count). The third kappa shape index (κ3) is 4.42. The van der Waals surface area contributed by atoms with Crippen molar-refractivity contribution >= 4 is 23.4 Å². The first-order valence-corrected chi connectivity index (χ1v) is 7.98. The summed E-state index contributed by atoms with van der Waals surface area (Å²) in [5.74, 6) is 2.56. The zero-order valence-electron chi connectivity index (χ0n) is 11.6. The van der Waals surface area contributed by atoms with Crippen molar-refractivity contribution in [3.63, 3.8) is 0 Å². The van der Waals surface area contributed by atoms with Gasteiger partial charge in [0.15, 0.2) is 5.82 Å². The van der Waals surface area contributed by atoms with Crippen molar-refractivity contribution in [2.24, 2.45) is 0 Å². The molecular weight excluding hydrogens is 294 g/mol. The Bertz CT molecular complexity index is 559. The van der Waals surface area contributed by atoms with Gasteiger partial charge in [0.2, 0.25) is 5.16 Å². The number of ether oxygens (including phenoxy) is 1. The van der Waals surface area contributed by atoms with Crippen LogP contribution in [-0.2, 0) is 6.61 Å². The van der Waals surface area contributed by atoms with Crippen LogP contribution in [0.5, 0.6) is 5.75 Å². The summed E-state index contributed by atoms with van der Waals surface area (Å²) in [7, 11) is 0. The Kier molecular flexibility index (Phi) is 5.73. The van der Waals surface area contributed by atoms with E-state index in [1.54, 1.807) is 11.8 Å². The van der Waals surface area contributed by atoms with Crippen molar-refractivity contribution in [2.45, 2.75) is 38.5 Å². The Morgan fingerprint density at radius 2 is 2.25 bits per heavy atom. The molecule has 0 aliphatic carbocycles. The molecule has 4 nitrogen and oxygen atoms in total. The lowest BCUT2D eigenvalue weighted by atomic mass is 10.2. The van der Waals surface area contributed by atoms with E-state index in [0.29, 0.717) is 6.61 Å². The number of hydrogen-bond acceptors (Lipinski definition) is 4. The van der Waals surface area contributed by atoms with E-state index in [9.17, 15) is 0 Å². The molecule has 6 heteroatoms. The number of aromatic nitrogens is 3. The predicted molar refractivity (Wildman–Crippen MR) is 82.5 cm³/mol. The number of halogens is 1. The van der Waals surface area contributed by atoms with E-state index in [0.717, 1.165) is 33.1 Å². The Labute approximate surface area is 128 Å². The van der Waals surface area contributed by atoms with E-state index in [-0.39, 0.29) is 0 Å². The van der Waals surface area contributed by atoms with E-state index in [4.69, 9.17) is 16.3 Å². The van der Waals surface area contributed by atoms with Gasteiger partial charge in [-0.25, -0.2) is 4.98 Å². The van der Waals surface area contributed by atoms with Gasteiger partial charge in [0.25, 0.3) is 0 Å². The molecule has 0 radical (unpaired) electrons. The summed E-state index contributed by atoms with van der Waals surface area (Å²) in [6, 6.07) is 5.59. The standard InChI is InChI=1S/C14H18ClN3OS/c1-3-4-7-20-14-16-13(17-18-14)9-19-11-5-6-12(15)10(2)8-11/h5-6,8H,3-4,7,9H2,1-2H3,(H,16,17,18). The lowest BCUT2D eigenvalue weighted by Gasteiger charge is -2.05. The predicted octanol–water partition coefficient (Wildman–Crippen LogP) is 4.24. The van der Waals surface area contributed by atoms with Crippen LogP contribution in [0.25, 0.3) is 0 Å². The van der Waals surface area contributed by atoms with Gasteiger partial charge >= 0.3 is 0 Å². The molecule has 1 aromatic carbocycles. The first kappa shape index (κ1) is 15.2. The molecule has 20 heavy (non-hydrogen) atoms. The van der Waals surface area contributed by atoms with Crippen molar-refractivity contribution < 1.29 is 4.74 Å². The second-order valence-corrected chi connectivity index (χ2v) is 5.94. The molecule has 108 valence electrons. The molecule has 1 heterocycles. The highest BCUT2D eigenvalue weighted by atomic mass is 35.5. The first-order valence-electron chi connectivity index (χ1n) is 6.62. The summed E-state index contributed by atoms with van der Waals surface area (Å²) in [5, 5.41) is 8.58. The number of hydrogen-bond donors (Lipinski definition) is 1. The van der Waals surface area contributed by atoms with E-state index in [1.807, 2.05) is 25.1 Å². The molecular formula is C14H18ClN3OS. The molecule has 0 unspecified atom stereocenters. The van der Waals surface area contributed by atoms with Crippen LogP contribution in [0, 0.1) is 6.92 Å². The van der Waals surface area contributed by atoms with Crippen molar-refractivity contribution in [1.29, 1.82) is 0 Å². The molecule has 0 saturated heterocycles. The highest BCUT2D eigenvalue weighted by molar-refractivity contribution is 7.99. The van der Waals surface area contributed by atoms with E-state index in [2.05, 4.69) is 22.1 Å². The Hall–Kier alpha value is -1.20. The van der Waals surface area contributed by atoms with Gasteiger partial charge in [0.1, 0.15) is 12.4 Å². The number of nitrogens with one attached hydrogen (secondary N) is 1. The van der Waals surface area contributed by atoms with Gasteiger partial charge < -0.3 is 4.74 Å². The number of nitrogens with zero attached hydrogens (tertiary/aromatic N) is 2. The fourth-order valence-corrected chi connectivity index (χ4v) is 2.59. The monoisotopic (exact) mass is 311 g/mol. The third-order valence-corrected chi connectivity index (χ3v) is 4.10. The number of aromatic amines is 1. The summed E-state index contributed by atoms with van der Waals surface area (Å²) in [4.78, 5) is 4.38. The Morgan fingerprint density at radius 3 is 3.00 bits per heavy atom. The third-order valence-electron chi connectivity index (χ3n) is 2.75. The van der Waals surface area contributed by atoms with E-state index in [1.165, 1.54) is 12.8 Å². The average molecular weight is 312 g/mol. The normalized spacial score (nSPS) is 10.8.